The first-order valence-electron chi connectivity index (χ1n) is 3.42. The van der Waals surface area contributed by atoms with E-state index in [1.54, 1.807) is 17.7 Å². The number of aryl methyl sites for hydroxylation is 1. The van der Waals surface area contributed by atoms with Gasteiger partial charge >= 0.3 is 0 Å². The number of hydrogen-bond acceptors (Lipinski definition) is 1. The van der Waals surface area contributed by atoms with Crippen molar-refractivity contribution in [1.82, 2.24) is 4.57 Å². The molecule has 0 radical (unpaired) electrons. The van der Waals surface area contributed by atoms with Crippen LogP contribution in [0.5, 0.6) is 0 Å². The zero-order valence-electron chi connectivity index (χ0n) is 6.29. The zero-order valence-corrected chi connectivity index (χ0v) is 6.29. The Morgan fingerprint density at radius 2 is 2.40 bits per heavy atom. The van der Waals surface area contributed by atoms with Crippen molar-refractivity contribution in [2.45, 2.75) is 20.3 Å². The average Bonchev–Trinajstić information content (AvgIpc) is 2.34. The Balaban J connectivity index is 2.88. The summed E-state index contributed by atoms with van der Waals surface area (Å²) in [6, 6.07) is 1.96. The molecule has 0 aliphatic carbocycles. The fourth-order valence-corrected chi connectivity index (χ4v) is 0.846. The van der Waals surface area contributed by atoms with Crippen molar-refractivity contribution in [1.29, 1.82) is 0 Å². The molecule has 2 heteroatoms. The number of carbonyl (C=O) groups is 1. The quantitative estimate of drug-likeness (QED) is 0.577. The third-order valence-corrected chi connectivity index (χ3v) is 1.53. The first-order valence-corrected chi connectivity index (χ1v) is 3.42. The van der Waals surface area contributed by atoms with Gasteiger partial charge in [0.05, 0.1) is 0 Å². The molecule has 0 fully saturated rings. The lowest BCUT2D eigenvalue weighted by molar-refractivity contribution is 0.0937. The lowest BCUT2D eigenvalue weighted by atomic mass is 10.3. The molecule has 2 nitrogen and oxygen atoms in total. The SMILES string of the molecule is CCc1ccn(C(C)=O)c1. The Bertz CT molecular complexity index is 237. The van der Waals surface area contributed by atoms with E-state index >= 15 is 0 Å². The van der Waals surface area contributed by atoms with Gasteiger partial charge in [-0.15, -0.1) is 0 Å². The van der Waals surface area contributed by atoms with Gasteiger partial charge in [0, 0.05) is 19.3 Å². The second-order valence-corrected chi connectivity index (χ2v) is 2.30. The van der Waals surface area contributed by atoms with E-state index in [4.69, 9.17) is 0 Å². The van der Waals surface area contributed by atoms with E-state index in [9.17, 15) is 4.79 Å². The molecule has 0 saturated heterocycles. The van der Waals surface area contributed by atoms with Crippen molar-refractivity contribution in [3.8, 4) is 0 Å². The monoisotopic (exact) mass is 137 g/mol. The van der Waals surface area contributed by atoms with E-state index in [2.05, 4.69) is 6.92 Å². The zero-order chi connectivity index (χ0) is 7.56. The smallest absolute Gasteiger partial charge is 0.227 e. The molecule has 1 rings (SSSR count). The maximum Gasteiger partial charge on any atom is 0.227 e. The third kappa shape index (κ3) is 1.26. The van der Waals surface area contributed by atoms with E-state index in [0.717, 1.165) is 6.42 Å². The Kier molecular flexibility index (Phi) is 1.90. The largest absolute Gasteiger partial charge is 0.295 e. The van der Waals surface area contributed by atoms with Gasteiger partial charge in [0.25, 0.3) is 0 Å². The van der Waals surface area contributed by atoms with Gasteiger partial charge in [0.1, 0.15) is 0 Å². The van der Waals surface area contributed by atoms with Crippen LogP contribution in [0.4, 0.5) is 0 Å². The van der Waals surface area contributed by atoms with Gasteiger partial charge in [0.15, 0.2) is 0 Å². The molecular weight excluding hydrogens is 126 g/mol. The van der Waals surface area contributed by atoms with Crippen LogP contribution in [0.25, 0.3) is 0 Å². The first kappa shape index (κ1) is 7.06. The van der Waals surface area contributed by atoms with Crippen LogP contribution < -0.4 is 0 Å². The topological polar surface area (TPSA) is 22.0 Å². The Morgan fingerprint density at radius 1 is 1.70 bits per heavy atom. The maximum atomic E-state index is 10.7. The summed E-state index contributed by atoms with van der Waals surface area (Å²) in [4.78, 5) is 10.7. The highest BCUT2D eigenvalue weighted by Gasteiger charge is 1.96. The Labute approximate surface area is 60.5 Å². The molecule has 0 aromatic carbocycles. The van der Waals surface area contributed by atoms with Gasteiger partial charge in [-0.25, -0.2) is 0 Å². The van der Waals surface area contributed by atoms with Crippen LogP contribution in [0.2, 0.25) is 0 Å². The van der Waals surface area contributed by atoms with Gasteiger partial charge in [-0.3, -0.25) is 9.36 Å². The van der Waals surface area contributed by atoms with Crippen molar-refractivity contribution in [3.63, 3.8) is 0 Å². The van der Waals surface area contributed by atoms with Gasteiger partial charge in [-0.2, -0.15) is 0 Å². The second-order valence-electron chi connectivity index (χ2n) is 2.30. The minimum absolute atomic E-state index is 0.0692. The number of rotatable bonds is 1. The van der Waals surface area contributed by atoms with Crippen molar-refractivity contribution in [2.75, 3.05) is 0 Å². The standard InChI is InChI=1S/C8H11NO/c1-3-8-4-5-9(6-8)7(2)10/h4-6H,3H2,1-2H3. The summed E-state index contributed by atoms with van der Waals surface area (Å²) in [7, 11) is 0. The fraction of sp³-hybridized carbons (Fsp3) is 0.375. The van der Waals surface area contributed by atoms with Crippen LogP contribution in [-0.2, 0) is 6.42 Å². The average molecular weight is 137 g/mol. The lowest BCUT2D eigenvalue weighted by Crippen LogP contribution is -2.00. The molecule has 0 unspecified atom stereocenters. The van der Waals surface area contributed by atoms with Crippen molar-refractivity contribution < 1.29 is 4.79 Å². The molecule has 54 valence electrons. The van der Waals surface area contributed by atoms with Crippen LogP contribution in [-0.4, -0.2) is 10.5 Å². The van der Waals surface area contributed by atoms with Gasteiger partial charge in [-0.05, 0) is 18.1 Å². The molecule has 10 heavy (non-hydrogen) atoms. The predicted molar refractivity (Wildman–Crippen MR) is 40.1 cm³/mol. The maximum absolute atomic E-state index is 10.7. The molecule has 0 aliphatic heterocycles. The van der Waals surface area contributed by atoms with Crippen LogP contribution in [0, 0.1) is 0 Å². The molecule has 0 aliphatic rings. The highest BCUT2D eigenvalue weighted by molar-refractivity contribution is 5.76. The summed E-state index contributed by atoms with van der Waals surface area (Å²) in [6.45, 7) is 3.62. The molecule has 0 atom stereocenters. The molecule has 0 bridgehead atoms. The Morgan fingerprint density at radius 3 is 2.70 bits per heavy atom. The number of hydrogen-bond donors (Lipinski definition) is 0. The van der Waals surface area contributed by atoms with Crippen LogP contribution in [0.3, 0.4) is 0 Å². The Hall–Kier alpha value is -1.05. The molecule has 1 aromatic heterocycles. The molecule has 1 heterocycles. The van der Waals surface area contributed by atoms with Gasteiger partial charge < -0.3 is 0 Å². The predicted octanol–water partition coefficient (Wildman–Crippen LogP) is 1.71. The second kappa shape index (κ2) is 2.69. The summed E-state index contributed by atoms with van der Waals surface area (Å²) in [5.41, 5.74) is 1.20. The minimum atomic E-state index is 0.0692. The normalized spacial score (nSPS) is 9.80. The number of nitrogens with zero attached hydrogens (tertiary/aromatic N) is 1. The first-order chi connectivity index (χ1) is 4.74. The number of carbonyl (C=O) groups excluding carboxylic acids is 1. The molecular formula is C8H11NO. The highest BCUT2D eigenvalue weighted by Crippen LogP contribution is 2.00. The lowest BCUT2D eigenvalue weighted by Gasteiger charge is -1.91. The van der Waals surface area contributed by atoms with Crippen LogP contribution >= 0.6 is 0 Å². The summed E-state index contributed by atoms with van der Waals surface area (Å²) >= 11 is 0. The highest BCUT2D eigenvalue weighted by atomic mass is 16.1. The molecule has 1 aromatic rings. The van der Waals surface area contributed by atoms with Crippen molar-refractivity contribution >= 4 is 5.91 Å². The summed E-state index contributed by atoms with van der Waals surface area (Å²) in [6.07, 6.45) is 4.64. The fourth-order valence-electron chi connectivity index (χ4n) is 0.846. The molecule has 0 N–H and O–H groups in total. The van der Waals surface area contributed by atoms with E-state index in [0.29, 0.717) is 0 Å². The summed E-state index contributed by atoms with van der Waals surface area (Å²) in [5, 5.41) is 0. The molecule has 0 spiro atoms. The van der Waals surface area contributed by atoms with E-state index in [1.807, 2.05) is 12.3 Å². The van der Waals surface area contributed by atoms with Crippen molar-refractivity contribution in [2.24, 2.45) is 0 Å². The van der Waals surface area contributed by atoms with E-state index in [-0.39, 0.29) is 5.91 Å². The van der Waals surface area contributed by atoms with E-state index in [1.165, 1.54) is 5.56 Å². The van der Waals surface area contributed by atoms with Crippen LogP contribution in [0.1, 0.15) is 24.2 Å². The molecule has 0 saturated carbocycles. The minimum Gasteiger partial charge on any atom is -0.295 e. The van der Waals surface area contributed by atoms with Crippen molar-refractivity contribution in [3.05, 3.63) is 24.0 Å². The number of aromatic nitrogens is 1. The summed E-state index contributed by atoms with van der Waals surface area (Å²) < 4.78 is 1.60. The van der Waals surface area contributed by atoms with Crippen LogP contribution in [0.15, 0.2) is 18.5 Å². The molecule has 0 amide bonds. The van der Waals surface area contributed by atoms with Gasteiger partial charge in [0.2, 0.25) is 5.91 Å². The third-order valence-electron chi connectivity index (χ3n) is 1.53. The summed E-state index contributed by atoms with van der Waals surface area (Å²) in [5.74, 6) is 0.0692. The van der Waals surface area contributed by atoms with E-state index < -0.39 is 0 Å². The van der Waals surface area contributed by atoms with Gasteiger partial charge in [-0.1, -0.05) is 6.92 Å².